The Morgan fingerprint density at radius 1 is 0.591 bits per heavy atom. The lowest BCUT2D eigenvalue weighted by atomic mass is 9.85. The molecule has 0 rings (SSSR count). The predicted octanol–water partition coefficient (Wildman–Crippen LogP) is 7.67. The Bertz CT molecular complexity index is 214. The highest BCUT2D eigenvalue weighted by atomic mass is 16.5. The van der Waals surface area contributed by atoms with Gasteiger partial charge in [-0.05, 0) is 33.1 Å². The zero-order valence-electron chi connectivity index (χ0n) is 16.4. The summed E-state index contributed by atoms with van der Waals surface area (Å²) < 4.78 is 6.49. The summed E-state index contributed by atoms with van der Waals surface area (Å²) in [5.41, 5.74) is 0.170. The lowest BCUT2D eigenvalue weighted by molar-refractivity contribution is -0.0989. The van der Waals surface area contributed by atoms with Crippen LogP contribution in [-0.4, -0.2) is 11.7 Å². The zero-order chi connectivity index (χ0) is 16.7. The summed E-state index contributed by atoms with van der Waals surface area (Å²) >= 11 is 0. The fourth-order valence-corrected chi connectivity index (χ4v) is 3.45. The molecule has 0 aromatic heterocycles. The first-order chi connectivity index (χ1) is 10.6. The monoisotopic (exact) mass is 312 g/mol. The average molecular weight is 313 g/mol. The number of unbranched alkanes of at least 4 members (excludes halogenated alkanes) is 8. The van der Waals surface area contributed by atoms with Gasteiger partial charge in [0, 0.05) is 0 Å². The first kappa shape index (κ1) is 22.0. The molecule has 0 aromatic carbocycles. The third kappa shape index (κ3) is 11.5. The van der Waals surface area contributed by atoms with Crippen molar-refractivity contribution < 1.29 is 4.74 Å². The van der Waals surface area contributed by atoms with E-state index in [9.17, 15) is 0 Å². The van der Waals surface area contributed by atoms with Crippen molar-refractivity contribution in [2.24, 2.45) is 0 Å². The molecule has 1 nitrogen and oxygen atoms in total. The number of hydrogen-bond donors (Lipinski definition) is 0. The molecule has 0 radical (unpaired) electrons. The summed E-state index contributed by atoms with van der Waals surface area (Å²) in [6, 6.07) is 0. The van der Waals surface area contributed by atoms with Crippen LogP contribution in [-0.2, 0) is 4.74 Å². The molecule has 134 valence electrons. The summed E-state index contributed by atoms with van der Waals surface area (Å²) in [6.45, 7) is 11.3. The Morgan fingerprint density at radius 2 is 1.00 bits per heavy atom. The van der Waals surface area contributed by atoms with Gasteiger partial charge in [-0.1, -0.05) is 91.4 Å². The fourth-order valence-electron chi connectivity index (χ4n) is 3.45. The fraction of sp³-hybridized carbons (Fsp3) is 1.00. The van der Waals surface area contributed by atoms with Crippen molar-refractivity contribution in [3.63, 3.8) is 0 Å². The Hall–Kier alpha value is -0.0400. The minimum atomic E-state index is 0.170. The average Bonchev–Trinajstić information content (AvgIpc) is 2.49. The molecular formula is C21H44O. The molecule has 22 heavy (non-hydrogen) atoms. The van der Waals surface area contributed by atoms with Crippen LogP contribution in [0, 0.1) is 0 Å². The van der Waals surface area contributed by atoms with Gasteiger partial charge in [0.2, 0.25) is 0 Å². The summed E-state index contributed by atoms with van der Waals surface area (Å²) in [5.74, 6) is 0. The second kappa shape index (κ2) is 14.5. The van der Waals surface area contributed by atoms with Crippen LogP contribution in [0.15, 0.2) is 0 Å². The third-order valence-electron chi connectivity index (χ3n) is 4.69. The largest absolute Gasteiger partial charge is 0.372 e. The first-order valence-electron chi connectivity index (χ1n) is 10.3. The van der Waals surface area contributed by atoms with Gasteiger partial charge in [-0.25, -0.2) is 0 Å². The Kier molecular flexibility index (Phi) is 14.5. The van der Waals surface area contributed by atoms with E-state index in [-0.39, 0.29) is 5.60 Å². The van der Waals surface area contributed by atoms with Crippen molar-refractivity contribution in [2.45, 2.75) is 136 Å². The second-order valence-electron chi connectivity index (χ2n) is 7.43. The molecule has 1 heteroatoms. The molecule has 0 aromatic rings. The van der Waals surface area contributed by atoms with E-state index in [1.807, 2.05) is 0 Å². The standard InChI is InChI=1S/C21H44O/c1-6-9-12-13-14-15-16-19-21(17-10-7-2,18-11-8-3)22-20(4)5/h20H,6-19H2,1-5H3. The molecule has 0 aliphatic carbocycles. The van der Waals surface area contributed by atoms with Crippen LogP contribution in [0.4, 0.5) is 0 Å². The van der Waals surface area contributed by atoms with Gasteiger partial charge in [-0.3, -0.25) is 0 Å². The minimum absolute atomic E-state index is 0.170. The van der Waals surface area contributed by atoms with Crippen molar-refractivity contribution >= 4 is 0 Å². The molecule has 0 heterocycles. The minimum Gasteiger partial charge on any atom is -0.372 e. The van der Waals surface area contributed by atoms with Gasteiger partial charge in [0.15, 0.2) is 0 Å². The maximum absolute atomic E-state index is 6.49. The molecule has 0 aliphatic heterocycles. The maximum atomic E-state index is 6.49. The van der Waals surface area contributed by atoms with Crippen LogP contribution < -0.4 is 0 Å². The molecule has 0 aliphatic rings. The maximum Gasteiger partial charge on any atom is 0.0686 e. The normalized spacial score (nSPS) is 12.3. The Morgan fingerprint density at radius 3 is 1.45 bits per heavy atom. The Balaban J connectivity index is 4.28. The summed E-state index contributed by atoms with van der Waals surface area (Å²) in [7, 11) is 0. The van der Waals surface area contributed by atoms with E-state index >= 15 is 0 Å². The Labute approximate surface area is 141 Å². The predicted molar refractivity (Wildman–Crippen MR) is 101 cm³/mol. The molecule has 0 amide bonds. The van der Waals surface area contributed by atoms with Gasteiger partial charge < -0.3 is 4.74 Å². The van der Waals surface area contributed by atoms with Gasteiger partial charge in [0.1, 0.15) is 0 Å². The summed E-state index contributed by atoms with van der Waals surface area (Å²) in [6.07, 6.45) is 19.1. The van der Waals surface area contributed by atoms with Crippen molar-refractivity contribution in [1.29, 1.82) is 0 Å². The SMILES string of the molecule is CCCCCCCCCC(CCCC)(CCCC)OC(C)C. The summed E-state index contributed by atoms with van der Waals surface area (Å²) in [5, 5.41) is 0. The van der Waals surface area contributed by atoms with Gasteiger partial charge in [-0.15, -0.1) is 0 Å². The van der Waals surface area contributed by atoms with Crippen molar-refractivity contribution in [3.05, 3.63) is 0 Å². The van der Waals surface area contributed by atoms with Crippen LogP contribution >= 0.6 is 0 Å². The lowest BCUT2D eigenvalue weighted by Gasteiger charge is -2.36. The van der Waals surface area contributed by atoms with Crippen molar-refractivity contribution in [1.82, 2.24) is 0 Å². The smallest absolute Gasteiger partial charge is 0.0686 e. The number of rotatable bonds is 16. The van der Waals surface area contributed by atoms with Crippen LogP contribution in [0.25, 0.3) is 0 Å². The summed E-state index contributed by atoms with van der Waals surface area (Å²) in [4.78, 5) is 0. The molecule has 0 saturated heterocycles. The lowest BCUT2D eigenvalue weighted by Crippen LogP contribution is -2.35. The molecule has 0 spiro atoms. The first-order valence-corrected chi connectivity index (χ1v) is 10.3. The van der Waals surface area contributed by atoms with E-state index in [4.69, 9.17) is 4.74 Å². The van der Waals surface area contributed by atoms with Gasteiger partial charge in [0.05, 0.1) is 11.7 Å². The molecule has 0 N–H and O–H groups in total. The van der Waals surface area contributed by atoms with Gasteiger partial charge in [0.25, 0.3) is 0 Å². The zero-order valence-corrected chi connectivity index (χ0v) is 16.4. The van der Waals surface area contributed by atoms with E-state index in [1.165, 1.54) is 89.9 Å². The molecule has 0 saturated carbocycles. The van der Waals surface area contributed by atoms with Gasteiger partial charge >= 0.3 is 0 Å². The molecule has 0 bridgehead atoms. The van der Waals surface area contributed by atoms with Crippen LogP contribution in [0.2, 0.25) is 0 Å². The molecule has 0 atom stereocenters. The second-order valence-corrected chi connectivity index (χ2v) is 7.43. The van der Waals surface area contributed by atoms with E-state index in [0.717, 1.165) is 0 Å². The number of ether oxygens (including phenoxy) is 1. The van der Waals surface area contributed by atoms with Gasteiger partial charge in [-0.2, -0.15) is 0 Å². The van der Waals surface area contributed by atoms with Crippen LogP contribution in [0.1, 0.15) is 125 Å². The van der Waals surface area contributed by atoms with E-state index < -0.39 is 0 Å². The third-order valence-corrected chi connectivity index (χ3v) is 4.69. The highest BCUT2D eigenvalue weighted by Crippen LogP contribution is 2.33. The van der Waals surface area contributed by atoms with Crippen LogP contribution in [0.5, 0.6) is 0 Å². The topological polar surface area (TPSA) is 9.23 Å². The van der Waals surface area contributed by atoms with E-state index in [0.29, 0.717) is 6.10 Å². The quantitative estimate of drug-likeness (QED) is 0.266. The van der Waals surface area contributed by atoms with E-state index in [1.54, 1.807) is 0 Å². The highest BCUT2D eigenvalue weighted by molar-refractivity contribution is 4.82. The molecular weight excluding hydrogens is 268 g/mol. The van der Waals surface area contributed by atoms with Crippen LogP contribution in [0.3, 0.4) is 0 Å². The van der Waals surface area contributed by atoms with E-state index in [2.05, 4.69) is 34.6 Å². The van der Waals surface area contributed by atoms with Crippen molar-refractivity contribution in [3.8, 4) is 0 Å². The number of hydrogen-bond acceptors (Lipinski definition) is 1. The molecule has 0 unspecified atom stereocenters. The highest BCUT2D eigenvalue weighted by Gasteiger charge is 2.30. The molecule has 0 fully saturated rings. The van der Waals surface area contributed by atoms with Crippen molar-refractivity contribution in [2.75, 3.05) is 0 Å².